The van der Waals surface area contributed by atoms with Gasteiger partial charge in [-0.15, -0.1) is 0 Å². The normalized spacial score (nSPS) is 15.5. The molecular weight excluding hydrogens is 387 g/mol. The number of hydrogen-bond donors (Lipinski definition) is 3. The highest BCUT2D eigenvalue weighted by Crippen LogP contribution is 2.34. The third kappa shape index (κ3) is 4.10. The molecule has 0 radical (unpaired) electrons. The van der Waals surface area contributed by atoms with Crippen LogP contribution in [0, 0.1) is 5.82 Å². The predicted octanol–water partition coefficient (Wildman–Crippen LogP) is 5.77. The Morgan fingerprint density at radius 3 is 2.71 bits per heavy atom. The van der Waals surface area contributed by atoms with Gasteiger partial charge in [-0.3, -0.25) is 0 Å². The molecule has 4 nitrogen and oxygen atoms in total. The number of H-pyrrole nitrogens is 2. The fourth-order valence-electron chi connectivity index (χ4n) is 4.91. The highest BCUT2D eigenvalue weighted by atomic mass is 19.1. The molecule has 1 fully saturated rings. The molecule has 1 saturated heterocycles. The van der Waals surface area contributed by atoms with Gasteiger partial charge in [-0.05, 0) is 96.9 Å². The monoisotopic (exact) mass is 416 g/mol. The Bertz CT molecular complexity index is 1150. The number of aromatic amines is 2. The van der Waals surface area contributed by atoms with E-state index in [-0.39, 0.29) is 5.82 Å². The van der Waals surface area contributed by atoms with Gasteiger partial charge in [-0.1, -0.05) is 6.07 Å². The maximum absolute atomic E-state index is 13.7. The summed E-state index contributed by atoms with van der Waals surface area (Å²) in [5, 5.41) is 4.29. The first kappa shape index (κ1) is 19.9. The standard InChI is InChI=1S/C26H29FN4/c1-28-22-4-2-18(23(15-22)20-6-10-29-16-20)7-11-31-12-8-19(9-13-31)25-17-30-26-5-3-21(27)14-24(25)26/h2-6,10,14-17,19,28-30H,7-9,11-13H2,1H3. The second-order valence-corrected chi connectivity index (χ2v) is 8.52. The first-order valence-corrected chi connectivity index (χ1v) is 11.1. The van der Waals surface area contributed by atoms with Crippen molar-refractivity contribution in [2.75, 3.05) is 32.0 Å². The van der Waals surface area contributed by atoms with E-state index in [0.29, 0.717) is 5.92 Å². The first-order chi connectivity index (χ1) is 15.2. The van der Waals surface area contributed by atoms with Gasteiger partial charge < -0.3 is 20.2 Å². The van der Waals surface area contributed by atoms with Gasteiger partial charge in [0.1, 0.15) is 5.82 Å². The van der Waals surface area contributed by atoms with Crippen LogP contribution >= 0.6 is 0 Å². The van der Waals surface area contributed by atoms with Crippen LogP contribution in [-0.4, -0.2) is 41.5 Å². The minimum atomic E-state index is -0.159. The Labute approximate surface area is 182 Å². The van der Waals surface area contributed by atoms with Crippen molar-refractivity contribution < 1.29 is 4.39 Å². The minimum Gasteiger partial charge on any atom is -0.388 e. The van der Waals surface area contributed by atoms with Crippen molar-refractivity contribution in [3.05, 3.63) is 78.0 Å². The molecule has 160 valence electrons. The third-order valence-corrected chi connectivity index (χ3v) is 6.71. The number of halogens is 1. The molecular formula is C26H29FN4. The molecule has 5 heteroatoms. The topological polar surface area (TPSA) is 46.8 Å². The lowest BCUT2D eigenvalue weighted by atomic mass is 9.89. The van der Waals surface area contributed by atoms with Crippen LogP contribution in [0.15, 0.2) is 61.1 Å². The third-order valence-electron chi connectivity index (χ3n) is 6.71. The number of likely N-dealkylation sites (tertiary alicyclic amines) is 1. The fourth-order valence-corrected chi connectivity index (χ4v) is 4.91. The van der Waals surface area contributed by atoms with Crippen molar-refractivity contribution in [1.29, 1.82) is 0 Å². The van der Waals surface area contributed by atoms with Gasteiger partial charge in [0.05, 0.1) is 0 Å². The van der Waals surface area contributed by atoms with E-state index in [1.54, 1.807) is 6.07 Å². The average molecular weight is 417 g/mol. The molecule has 2 aromatic heterocycles. The largest absolute Gasteiger partial charge is 0.388 e. The zero-order valence-electron chi connectivity index (χ0n) is 17.9. The van der Waals surface area contributed by atoms with Crippen LogP contribution in [0.2, 0.25) is 0 Å². The Morgan fingerprint density at radius 1 is 1.06 bits per heavy atom. The lowest BCUT2D eigenvalue weighted by molar-refractivity contribution is 0.215. The van der Waals surface area contributed by atoms with Crippen molar-refractivity contribution in [3.63, 3.8) is 0 Å². The van der Waals surface area contributed by atoms with E-state index in [1.807, 2.05) is 19.3 Å². The molecule has 0 aliphatic carbocycles. The molecule has 1 aliphatic rings. The molecule has 4 aromatic rings. The number of aromatic nitrogens is 2. The number of piperidine rings is 1. The Hall–Kier alpha value is -3.05. The van der Waals surface area contributed by atoms with Crippen LogP contribution in [0.25, 0.3) is 22.0 Å². The van der Waals surface area contributed by atoms with E-state index in [2.05, 4.69) is 56.8 Å². The highest BCUT2D eigenvalue weighted by molar-refractivity contribution is 5.83. The number of nitrogens with zero attached hydrogens (tertiary/aromatic N) is 1. The van der Waals surface area contributed by atoms with Gasteiger partial charge in [-0.25, -0.2) is 4.39 Å². The number of nitrogens with one attached hydrogen (secondary N) is 3. The molecule has 2 aromatic carbocycles. The number of rotatable bonds is 6. The molecule has 3 heterocycles. The van der Waals surface area contributed by atoms with Crippen LogP contribution in [-0.2, 0) is 6.42 Å². The number of benzene rings is 2. The molecule has 3 N–H and O–H groups in total. The van der Waals surface area contributed by atoms with Crippen molar-refractivity contribution >= 4 is 16.6 Å². The summed E-state index contributed by atoms with van der Waals surface area (Å²) >= 11 is 0. The quantitative estimate of drug-likeness (QED) is 0.374. The Kier molecular flexibility index (Phi) is 5.51. The van der Waals surface area contributed by atoms with Gasteiger partial charge in [-0.2, -0.15) is 0 Å². The lowest BCUT2D eigenvalue weighted by Crippen LogP contribution is -2.34. The Morgan fingerprint density at radius 2 is 1.94 bits per heavy atom. The van der Waals surface area contributed by atoms with Crippen LogP contribution in [0.4, 0.5) is 10.1 Å². The van der Waals surface area contributed by atoms with Crippen molar-refractivity contribution in [3.8, 4) is 11.1 Å². The fraction of sp³-hybridized carbons (Fsp3) is 0.308. The van der Waals surface area contributed by atoms with Crippen LogP contribution < -0.4 is 5.32 Å². The Balaban J connectivity index is 1.24. The summed E-state index contributed by atoms with van der Waals surface area (Å²) in [6.07, 6.45) is 9.39. The molecule has 0 amide bonds. The maximum atomic E-state index is 13.7. The highest BCUT2D eigenvalue weighted by Gasteiger charge is 2.23. The summed E-state index contributed by atoms with van der Waals surface area (Å²) in [5.74, 6) is 0.338. The van der Waals surface area contributed by atoms with Crippen LogP contribution in [0.1, 0.15) is 29.9 Å². The average Bonchev–Trinajstić information content (AvgIpc) is 3.48. The van der Waals surface area contributed by atoms with Crippen LogP contribution in [0.5, 0.6) is 0 Å². The predicted molar refractivity (Wildman–Crippen MR) is 126 cm³/mol. The van der Waals surface area contributed by atoms with E-state index >= 15 is 0 Å². The second kappa shape index (κ2) is 8.60. The SMILES string of the molecule is CNc1ccc(CCN2CCC(c3c[nH]c4ccc(F)cc34)CC2)c(-c2cc[nH]c2)c1. The second-order valence-electron chi connectivity index (χ2n) is 8.52. The van der Waals surface area contributed by atoms with Gasteiger partial charge in [0, 0.05) is 48.8 Å². The smallest absolute Gasteiger partial charge is 0.123 e. The number of fused-ring (bicyclic) bond motifs is 1. The van der Waals surface area contributed by atoms with Gasteiger partial charge in [0.2, 0.25) is 0 Å². The zero-order valence-corrected chi connectivity index (χ0v) is 17.9. The molecule has 0 atom stereocenters. The summed E-state index contributed by atoms with van der Waals surface area (Å²) in [6, 6.07) is 13.8. The summed E-state index contributed by atoms with van der Waals surface area (Å²) in [6.45, 7) is 3.23. The van der Waals surface area contributed by atoms with Gasteiger partial charge >= 0.3 is 0 Å². The lowest BCUT2D eigenvalue weighted by Gasteiger charge is -2.32. The number of anilines is 1. The summed E-state index contributed by atoms with van der Waals surface area (Å²) in [4.78, 5) is 9.06. The minimum absolute atomic E-state index is 0.159. The number of hydrogen-bond acceptors (Lipinski definition) is 2. The summed E-state index contributed by atoms with van der Waals surface area (Å²) in [5.41, 5.74) is 7.35. The van der Waals surface area contributed by atoms with E-state index in [4.69, 9.17) is 0 Å². The van der Waals surface area contributed by atoms with E-state index in [0.717, 1.165) is 55.5 Å². The van der Waals surface area contributed by atoms with Crippen LogP contribution in [0.3, 0.4) is 0 Å². The van der Waals surface area contributed by atoms with Crippen molar-refractivity contribution in [1.82, 2.24) is 14.9 Å². The summed E-state index contributed by atoms with van der Waals surface area (Å²) < 4.78 is 13.7. The van der Waals surface area contributed by atoms with E-state index in [1.165, 1.54) is 28.3 Å². The van der Waals surface area contributed by atoms with E-state index < -0.39 is 0 Å². The van der Waals surface area contributed by atoms with Crippen molar-refractivity contribution in [2.45, 2.75) is 25.2 Å². The van der Waals surface area contributed by atoms with Crippen molar-refractivity contribution in [2.24, 2.45) is 0 Å². The maximum Gasteiger partial charge on any atom is 0.123 e. The molecule has 5 rings (SSSR count). The first-order valence-electron chi connectivity index (χ1n) is 11.1. The van der Waals surface area contributed by atoms with Gasteiger partial charge in [0.15, 0.2) is 0 Å². The molecule has 0 bridgehead atoms. The molecule has 0 unspecified atom stereocenters. The molecule has 0 spiro atoms. The zero-order chi connectivity index (χ0) is 21.2. The molecule has 1 aliphatic heterocycles. The molecule has 31 heavy (non-hydrogen) atoms. The summed E-state index contributed by atoms with van der Waals surface area (Å²) in [7, 11) is 1.96. The molecule has 0 saturated carbocycles. The van der Waals surface area contributed by atoms with E-state index in [9.17, 15) is 4.39 Å². The van der Waals surface area contributed by atoms with Gasteiger partial charge in [0.25, 0.3) is 0 Å².